The van der Waals surface area contributed by atoms with Crippen LogP contribution in [0.4, 0.5) is 4.39 Å². The van der Waals surface area contributed by atoms with Crippen LogP contribution in [0.15, 0.2) is 18.3 Å². The Bertz CT molecular complexity index is 358. The largest absolute Gasteiger partial charge is 0.314 e. The van der Waals surface area contributed by atoms with Gasteiger partial charge in [0.15, 0.2) is 5.78 Å². The molecule has 4 heteroatoms. The van der Waals surface area contributed by atoms with Crippen molar-refractivity contribution in [3.8, 4) is 0 Å². The molecule has 1 saturated heterocycles. The molecule has 86 valence electrons. The van der Waals surface area contributed by atoms with Crippen molar-refractivity contribution >= 4 is 5.78 Å². The number of halogens is 1. The number of piperidine rings is 1. The van der Waals surface area contributed by atoms with Crippen LogP contribution in [0.1, 0.15) is 36.2 Å². The Hall–Kier alpha value is -1.29. The van der Waals surface area contributed by atoms with E-state index < -0.39 is 5.82 Å². The average Bonchev–Trinajstić information content (AvgIpc) is 2.31. The first-order chi connectivity index (χ1) is 7.75. The van der Waals surface area contributed by atoms with Crippen LogP contribution in [0.5, 0.6) is 0 Å². The molecular formula is C12H15FN2O. The van der Waals surface area contributed by atoms with Crippen LogP contribution < -0.4 is 5.32 Å². The summed E-state index contributed by atoms with van der Waals surface area (Å²) in [5.74, 6) is -0.424. The lowest BCUT2D eigenvalue weighted by atomic mass is 9.99. The van der Waals surface area contributed by atoms with Crippen LogP contribution in [-0.2, 0) is 0 Å². The Balaban J connectivity index is 1.94. The number of ketones is 1. The second kappa shape index (κ2) is 5.16. The number of hydrogen-bond acceptors (Lipinski definition) is 3. The Labute approximate surface area is 94.1 Å². The number of Topliss-reactive ketones (excluding diaryl/α,β-unsaturated/α-hetero) is 1. The highest BCUT2D eigenvalue weighted by Crippen LogP contribution is 2.12. The molecule has 0 bridgehead atoms. The summed E-state index contributed by atoms with van der Waals surface area (Å²) in [7, 11) is 0. The summed E-state index contributed by atoms with van der Waals surface area (Å²) < 4.78 is 12.6. The summed E-state index contributed by atoms with van der Waals surface area (Å²) in [4.78, 5) is 15.6. The molecule has 0 spiro atoms. The van der Waals surface area contributed by atoms with E-state index in [2.05, 4.69) is 10.3 Å². The van der Waals surface area contributed by atoms with Crippen molar-refractivity contribution in [1.82, 2.24) is 10.3 Å². The average molecular weight is 222 g/mol. The predicted octanol–water partition coefficient (Wildman–Crippen LogP) is 1.94. The lowest BCUT2D eigenvalue weighted by Crippen LogP contribution is -2.35. The molecule has 0 amide bonds. The van der Waals surface area contributed by atoms with Gasteiger partial charge in [-0.05, 0) is 31.5 Å². The van der Waals surface area contributed by atoms with Gasteiger partial charge in [-0.25, -0.2) is 4.39 Å². The molecule has 2 rings (SSSR count). The number of carbonyl (C=O) groups excluding carboxylic acids is 1. The zero-order valence-electron chi connectivity index (χ0n) is 9.08. The molecule has 16 heavy (non-hydrogen) atoms. The molecule has 0 aromatic carbocycles. The standard InChI is InChI=1S/C12H15FN2O/c13-9-4-5-11(15-8-9)12(16)7-10-3-1-2-6-14-10/h4-5,8,10,14H,1-3,6-7H2. The summed E-state index contributed by atoms with van der Waals surface area (Å²) in [6.45, 7) is 0.981. The molecule has 3 nitrogen and oxygen atoms in total. The first-order valence-electron chi connectivity index (χ1n) is 5.64. The number of rotatable bonds is 3. The van der Waals surface area contributed by atoms with Gasteiger partial charge >= 0.3 is 0 Å². The summed E-state index contributed by atoms with van der Waals surface area (Å²) in [6, 6.07) is 2.97. The molecule has 1 aliphatic heterocycles. The Morgan fingerprint density at radius 3 is 3.00 bits per heavy atom. The normalized spacial score (nSPS) is 20.7. The van der Waals surface area contributed by atoms with Crippen LogP contribution >= 0.6 is 0 Å². The van der Waals surface area contributed by atoms with Crippen molar-refractivity contribution < 1.29 is 9.18 Å². The first-order valence-corrected chi connectivity index (χ1v) is 5.64. The van der Waals surface area contributed by atoms with E-state index in [9.17, 15) is 9.18 Å². The zero-order chi connectivity index (χ0) is 11.4. The molecular weight excluding hydrogens is 207 g/mol. The molecule has 0 aliphatic carbocycles. The van der Waals surface area contributed by atoms with Crippen molar-refractivity contribution in [3.05, 3.63) is 29.8 Å². The van der Waals surface area contributed by atoms with Crippen molar-refractivity contribution in [2.24, 2.45) is 0 Å². The summed E-state index contributed by atoms with van der Waals surface area (Å²) in [5.41, 5.74) is 0.355. The lowest BCUT2D eigenvalue weighted by Gasteiger charge is -2.22. The van der Waals surface area contributed by atoms with Gasteiger partial charge in [0, 0.05) is 12.5 Å². The molecule has 1 aromatic rings. The smallest absolute Gasteiger partial charge is 0.182 e. The predicted molar refractivity (Wildman–Crippen MR) is 58.8 cm³/mol. The molecule has 1 atom stereocenters. The minimum Gasteiger partial charge on any atom is -0.314 e. The number of hydrogen-bond donors (Lipinski definition) is 1. The highest BCUT2D eigenvalue weighted by atomic mass is 19.1. The SMILES string of the molecule is O=C(CC1CCCCN1)c1ccc(F)cn1. The molecule has 1 aliphatic rings. The van der Waals surface area contributed by atoms with Crippen molar-refractivity contribution in [1.29, 1.82) is 0 Å². The van der Waals surface area contributed by atoms with Gasteiger partial charge in [-0.3, -0.25) is 9.78 Å². The van der Waals surface area contributed by atoms with Crippen LogP contribution in [-0.4, -0.2) is 23.4 Å². The second-order valence-corrected chi connectivity index (χ2v) is 4.14. The van der Waals surface area contributed by atoms with Crippen LogP contribution in [0.25, 0.3) is 0 Å². The Kier molecular flexibility index (Phi) is 3.62. The third kappa shape index (κ3) is 2.85. The van der Waals surface area contributed by atoms with Crippen molar-refractivity contribution in [3.63, 3.8) is 0 Å². The monoisotopic (exact) mass is 222 g/mol. The van der Waals surface area contributed by atoms with Crippen LogP contribution in [0.2, 0.25) is 0 Å². The quantitative estimate of drug-likeness (QED) is 0.795. The second-order valence-electron chi connectivity index (χ2n) is 4.14. The van der Waals surface area contributed by atoms with Crippen LogP contribution in [0.3, 0.4) is 0 Å². The Morgan fingerprint density at radius 2 is 2.38 bits per heavy atom. The minimum atomic E-state index is -0.410. The number of aromatic nitrogens is 1. The minimum absolute atomic E-state index is 0.0144. The van der Waals surface area contributed by atoms with Gasteiger partial charge in [0.25, 0.3) is 0 Å². The van der Waals surface area contributed by atoms with E-state index in [4.69, 9.17) is 0 Å². The van der Waals surface area contributed by atoms with E-state index in [1.807, 2.05) is 0 Å². The summed E-state index contributed by atoms with van der Waals surface area (Å²) in [6.07, 6.45) is 4.92. The highest BCUT2D eigenvalue weighted by molar-refractivity contribution is 5.94. The fraction of sp³-hybridized carbons (Fsp3) is 0.500. The molecule has 1 aromatic heterocycles. The first kappa shape index (κ1) is 11.2. The van der Waals surface area contributed by atoms with E-state index in [1.165, 1.54) is 25.0 Å². The van der Waals surface area contributed by atoms with Crippen molar-refractivity contribution in [2.45, 2.75) is 31.7 Å². The van der Waals surface area contributed by atoms with Gasteiger partial charge in [-0.1, -0.05) is 6.42 Å². The molecule has 0 saturated carbocycles. The molecule has 0 radical (unpaired) electrons. The van der Waals surface area contributed by atoms with Gasteiger partial charge in [0.2, 0.25) is 0 Å². The van der Waals surface area contributed by atoms with E-state index in [0.717, 1.165) is 19.2 Å². The maximum absolute atomic E-state index is 12.6. The topological polar surface area (TPSA) is 42.0 Å². The lowest BCUT2D eigenvalue weighted by molar-refractivity contribution is 0.0959. The molecule has 1 N–H and O–H groups in total. The third-order valence-corrected chi connectivity index (χ3v) is 2.86. The summed E-state index contributed by atoms with van der Waals surface area (Å²) in [5, 5.41) is 3.31. The number of nitrogens with one attached hydrogen (secondary N) is 1. The van der Waals surface area contributed by atoms with Crippen molar-refractivity contribution in [2.75, 3.05) is 6.54 Å². The van der Waals surface area contributed by atoms with E-state index in [0.29, 0.717) is 12.1 Å². The molecule has 1 fully saturated rings. The fourth-order valence-electron chi connectivity index (χ4n) is 1.97. The maximum Gasteiger partial charge on any atom is 0.182 e. The highest BCUT2D eigenvalue weighted by Gasteiger charge is 2.17. The van der Waals surface area contributed by atoms with Gasteiger partial charge in [0.1, 0.15) is 11.5 Å². The summed E-state index contributed by atoms with van der Waals surface area (Å²) >= 11 is 0. The molecule has 2 heterocycles. The third-order valence-electron chi connectivity index (χ3n) is 2.86. The van der Waals surface area contributed by atoms with Gasteiger partial charge in [0.05, 0.1) is 6.20 Å². The van der Waals surface area contributed by atoms with Gasteiger partial charge in [-0.15, -0.1) is 0 Å². The van der Waals surface area contributed by atoms with E-state index in [-0.39, 0.29) is 11.8 Å². The Morgan fingerprint density at radius 1 is 1.50 bits per heavy atom. The van der Waals surface area contributed by atoms with Gasteiger partial charge in [-0.2, -0.15) is 0 Å². The number of carbonyl (C=O) groups is 1. The van der Waals surface area contributed by atoms with E-state index in [1.54, 1.807) is 0 Å². The van der Waals surface area contributed by atoms with Crippen LogP contribution in [0, 0.1) is 5.82 Å². The number of pyridine rings is 1. The van der Waals surface area contributed by atoms with E-state index >= 15 is 0 Å². The van der Waals surface area contributed by atoms with Gasteiger partial charge < -0.3 is 5.32 Å². The maximum atomic E-state index is 12.6. The molecule has 1 unspecified atom stereocenters. The zero-order valence-corrected chi connectivity index (χ0v) is 9.08. The number of nitrogens with zero attached hydrogens (tertiary/aromatic N) is 1. The fourth-order valence-corrected chi connectivity index (χ4v) is 1.97.